The fourth-order valence-electron chi connectivity index (χ4n) is 1.60. The first-order valence-corrected chi connectivity index (χ1v) is 6.36. The van der Waals surface area contributed by atoms with Gasteiger partial charge in [0.25, 0.3) is 5.91 Å². The number of aryl methyl sites for hydroxylation is 1. The standard InChI is InChI=1S/C14H23N3O2/c1-11-4-5-12(10-13(11)15)14(18)16-6-7-17(2)8-9-19-3/h4-5,10H,6-9,15H2,1-3H3,(H,16,18). The Kier molecular flexibility index (Phi) is 6.32. The van der Waals surface area contributed by atoms with Gasteiger partial charge < -0.3 is 20.7 Å². The Hall–Kier alpha value is -1.59. The Labute approximate surface area is 114 Å². The van der Waals surface area contributed by atoms with Crippen molar-refractivity contribution in [1.29, 1.82) is 0 Å². The van der Waals surface area contributed by atoms with Crippen LogP contribution in [0.1, 0.15) is 15.9 Å². The molecule has 3 N–H and O–H groups in total. The van der Waals surface area contributed by atoms with Crippen LogP contribution in [0.5, 0.6) is 0 Å². The third-order valence-corrected chi connectivity index (χ3v) is 3.00. The number of carbonyl (C=O) groups excluding carboxylic acids is 1. The molecule has 1 aromatic carbocycles. The average molecular weight is 265 g/mol. The zero-order chi connectivity index (χ0) is 14.3. The Morgan fingerprint density at radius 1 is 1.42 bits per heavy atom. The van der Waals surface area contributed by atoms with Gasteiger partial charge in [0.2, 0.25) is 0 Å². The number of nitrogens with two attached hydrogens (primary N) is 1. The van der Waals surface area contributed by atoms with Crippen LogP contribution in [0.15, 0.2) is 18.2 Å². The van der Waals surface area contributed by atoms with E-state index in [1.165, 1.54) is 0 Å². The second-order valence-corrected chi connectivity index (χ2v) is 4.62. The van der Waals surface area contributed by atoms with E-state index in [0.29, 0.717) is 24.4 Å². The van der Waals surface area contributed by atoms with Crippen molar-refractivity contribution in [2.75, 3.05) is 46.1 Å². The van der Waals surface area contributed by atoms with Crippen molar-refractivity contribution in [3.8, 4) is 0 Å². The van der Waals surface area contributed by atoms with Crippen LogP contribution in [0.2, 0.25) is 0 Å². The summed E-state index contributed by atoms with van der Waals surface area (Å²) >= 11 is 0. The van der Waals surface area contributed by atoms with E-state index in [4.69, 9.17) is 10.5 Å². The van der Waals surface area contributed by atoms with E-state index in [1.54, 1.807) is 19.2 Å². The van der Waals surface area contributed by atoms with E-state index in [9.17, 15) is 4.79 Å². The number of carbonyl (C=O) groups is 1. The van der Waals surface area contributed by atoms with Crippen molar-refractivity contribution < 1.29 is 9.53 Å². The number of amides is 1. The lowest BCUT2D eigenvalue weighted by molar-refractivity contribution is 0.0947. The summed E-state index contributed by atoms with van der Waals surface area (Å²) in [5, 5.41) is 2.88. The van der Waals surface area contributed by atoms with Crippen molar-refractivity contribution in [3.05, 3.63) is 29.3 Å². The number of hydrogen-bond acceptors (Lipinski definition) is 4. The van der Waals surface area contributed by atoms with Crippen molar-refractivity contribution >= 4 is 11.6 Å². The van der Waals surface area contributed by atoms with E-state index in [2.05, 4.69) is 10.2 Å². The lowest BCUT2D eigenvalue weighted by Crippen LogP contribution is -2.34. The maximum Gasteiger partial charge on any atom is 0.251 e. The van der Waals surface area contributed by atoms with E-state index in [0.717, 1.165) is 18.7 Å². The predicted molar refractivity (Wildman–Crippen MR) is 77.3 cm³/mol. The smallest absolute Gasteiger partial charge is 0.251 e. The number of benzene rings is 1. The Bertz CT molecular complexity index is 421. The molecule has 0 spiro atoms. The SMILES string of the molecule is COCCN(C)CCNC(=O)c1ccc(C)c(N)c1. The summed E-state index contributed by atoms with van der Waals surface area (Å²) in [7, 11) is 3.67. The van der Waals surface area contributed by atoms with Crippen LogP contribution in [0.3, 0.4) is 0 Å². The number of nitrogen functional groups attached to an aromatic ring is 1. The molecule has 0 radical (unpaired) electrons. The van der Waals surface area contributed by atoms with Gasteiger partial charge in [-0.3, -0.25) is 4.79 Å². The molecule has 5 heteroatoms. The second kappa shape index (κ2) is 7.76. The van der Waals surface area contributed by atoms with Gasteiger partial charge in [-0.2, -0.15) is 0 Å². The maximum atomic E-state index is 11.9. The van der Waals surface area contributed by atoms with Crippen LogP contribution >= 0.6 is 0 Å². The number of ether oxygens (including phenoxy) is 1. The maximum absolute atomic E-state index is 11.9. The number of hydrogen-bond donors (Lipinski definition) is 2. The number of rotatable bonds is 7. The van der Waals surface area contributed by atoms with Crippen LogP contribution in [0.4, 0.5) is 5.69 Å². The van der Waals surface area contributed by atoms with Gasteiger partial charge in [0.05, 0.1) is 6.61 Å². The van der Waals surface area contributed by atoms with Crippen molar-refractivity contribution in [1.82, 2.24) is 10.2 Å². The first-order chi connectivity index (χ1) is 9.04. The Morgan fingerprint density at radius 2 is 2.16 bits per heavy atom. The van der Waals surface area contributed by atoms with Gasteiger partial charge in [0, 0.05) is 38.0 Å². The number of anilines is 1. The van der Waals surface area contributed by atoms with Crippen molar-refractivity contribution in [3.63, 3.8) is 0 Å². The lowest BCUT2D eigenvalue weighted by atomic mass is 10.1. The molecule has 0 heterocycles. The minimum atomic E-state index is -0.0909. The molecule has 106 valence electrons. The van der Waals surface area contributed by atoms with E-state index >= 15 is 0 Å². The van der Waals surface area contributed by atoms with Gasteiger partial charge in [-0.1, -0.05) is 6.07 Å². The molecule has 0 bridgehead atoms. The molecule has 0 aliphatic carbocycles. The third-order valence-electron chi connectivity index (χ3n) is 3.00. The highest BCUT2D eigenvalue weighted by Crippen LogP contribution is 2.12. The van der Waals surface area contributed by atoms with Gasteiger partial charge in [-0.25, -0.2) is 0 Å². The summed E-state index contributed by atoms with van der Waals surface area (Å²) in [6.07, 6.45) is 0. The Balaban J connectivity index is 2.37. The normalized spacial score (nSPS) is 10.7. The molecule has 0 fully saturated rings. The predicted octanol–water partition coefficient (Wildman–Crippen LogP) is 0.885. The minimum Gasteiger partial charge on any atom is -0.398 e. The molecule has 0 aromatic heterocycles. The molecule has 0 aliphatic heterocycles. The van der Waals surface area contributed by atoms with Crippen LogP contribution in [-0.4, -0.2) is 51.2 Å². The summed E-state index contributed by atoms with van der Waals surface area (Å²) in [4.78, 5) is 14.0. The van der Waals surface area contributed by atoms with Crippen molar-refractivity contribution in [2.45, 2.75) is 6.92 Å². The fraction of sp³-hybridized carbons (Fsp3) is 0.500. The van der Waals surface area contributed by atoms with Gasteiger partial charge in [-0.15, -0.1) is 0 Å². The summed E-state index contributed by atoms with van der Waals surface area (Å²) in [6.45, 7) is 4.86. The average Bonchev–Trinajstić information content (AvgIpc) is 2.39. The summed E-state index contributed by atoms with van der Waals surface area (Å²) in [5.41, 5.74) is 8.01. The second-order valence-electron chi connectivity index (χ2n) is 4.62. The molecule has 0 atom stereocenters. The molecular formula is C14H23N3O2. The van der Waals surface area contributed by atoms with Crippen LogP contribution in [0.25, 0.3) is 0 Å². The zero-order valence-corrected chi connectivity index (χ0v) is 11.9. The molecular weight excluding hydrogens is 242 g/mol. The first-order valence-electron chi connectivity index (χ1n) is 6.36. The molecule has 0 saturated heterocycles. The minimum absolute atomic E-state index is 0.0909. The molecule has 19 heavy (non-hydrogen) atoms. The summed E-state index contributed by atoms with van der Waals surface area (Å²) < 4.78 is 4.99. The number of nitrogens with one attached hydrogen (secondary N) is 1. The summed E-state index contributed by atoms with van der Waals surface area (Å²) in [5.74, 6) is -0.0909. The monoisotopic (exact) mass is 265 g/mol. The molecule has 1 amide bonds. The largest absolute Gasteiger partial charge is 0.398 e. The first kappa shape index (κ1) is 15.5. The molecule has 0 saturated carbocycles. The van der Waals surface area contributed by atoms with Gasteiger partial charge in [0.1, 0.15) is 0 Å². The molecule has 0 aliphatic rings. The highest BCUT2D eigenvalue weighted by Gasteiger charge is 2.06. The number of methoxy groups -OCH3 is 1. The van der Waals surface area contributed by atoms with Crippen LogP contribution < -0.4 is 11.1 Å². The summed E-state index contributed by atoms with van der Waals surface area (Å²) in [6, 6.07) is 5.35. The van der Waals surface area contributed by atoms with Gasteiger partial charge in [-0.05, 0) is 31.7 Å². The Morgan fingerprint density at radius 3 is 2.79 bits per heavy atom. The van der Waals surface area contributed by atoms with Crippen LogP contribution in [0, 0.1) is 6.92 Å². The van der Waals surface area contributed by atoms with Crippen LogP contribution in [-0.2, 0) is 4.74 Å². The van der Waals surface area contributed by atoms with E-state index in [-0.39, 0.29) is 5.91 Å². The highest BCUT2D eigenvalue weighted by atomic mass is 16.5. The highest BCUT2D eigenvalue weighted by molar-refractivity contribution is 5.95. The van der Waals surface area contributed by atoms with Gasteiger partial charge >= 0.3 is 0 Å². The zero-order valence-electron chi connectivity index (χ0n) is 11.9. The molecule has 1 rings (SSSR count). The quantitative estimate of drug-likeness (QED) is 0.718. The molecule has 0 unspecified atom stereocenters. The van der Waals surface area contributed by atoms with E-state index in [1.807, 2.05) is 20.0 Å². The van der Waals surface area contributed by atoms with Gasteiger partial charge in [0.15, 0.2) is 0 Å². The lowest BCUT2D eigenvalue weighted by Gasteiger charge is -2.16. The van der Waals surface area contributed by atoms with E-state index < -0.39 is 0 Å². The molecule has 5 nitrogen and oxygen atoms in total. The van der Waals surface area contributed by atoms with Crippen molar-refractivity contribution in [2.24, 2.45) is 0 Å². The third kappa shape index (κ3) is 5.28. The topological polar surface area (TPSA) is 67.6 Å². The number of nitrogens with zero attached hydrogens (tertiary/aromatic N) is 1. The molecule has 1 aromatic rings. The number of likely N-dealkylation sites (N-methyl/N-ethyl adjacent to an activating group) is 1. The fourth-order valence-corrected chi connectivity index (χ4v) is 1.60.